The third-order valence-corrected chi connectivity index (χ3v) is 3.78. The minimum absolute atomic E-state index is 0.336. The minimum atomic E-state index is -0.575. The van der Waals surface area contributed by atoms with Gasteiger partial charge in [0.15, 0.2) is 0 Å². The van der Waals surface area contributed by atoms with E-state index in [1.54, 1.807) is 16.8 Å². The summed E-state index contributed by atoms with van der Waals surface area (Å²) >= 11 is 0. The van der Waals surface area contributed by atoms with Gasteiger partial charge in [0.05, 0.1) is 23.8 Å². The van der Waals surface area contributed by atoms with Crippen LogP contribution in [0, 0.1) is 5.82 Å². The van der Waals surface area contributed by atoms with E-state index >= 15 is 0 Å². The molecule has 0 aliphatic heterocycles. The first kappa shape index (κ1) is 17.5. The summed E-state index contributed by atoms with van der Waals surface area (Å²) in [5, 5.41) is 8.02. The van der Waals surface area contributed by atoms with E-state index in [9.17, 15) is 9.18 Å². The lowest BCUT2D eigenvalue weighted by atomic mass is 10.1. The molecule has 3 rings (SSSR count). The molecule has 0 bridgehead atoms. The van der Waals surface area contributed by atoms with Crippen molar-refractivity contribution in [2.45, 2.75) is 19.8 Å². The van der Waals surface area contributed by atoms with Crippen LogP contribution in [0.25, 0.3) is 5.69 Å². The number of carbonyl (C=O) groups excluding carboxylic acids is 1. The van der Waals surface area contributed by atoms with Crippen LogP contribution in [-0.4, -0.2) is 22.0 Å². The number of oxime groups is 1. The number of nitrogens with zero attached hydrogens (tertiary/aromatic N) is 3. The summed E-state index contributed by atoms with van der Waals surface area (Å²) in [6, 6.07) is 15.3. The minimum Gasteiger partial charge on any atom is -0.313 e. The van der Waals surface area contributed by atoms with Crippen molar-refractivity contribution in [3.8, 4) is 5.69 Å². The zero-order valence-corrected chi connectivity index (χ0v) is 14.3. The average Bonchev–Trinajstić information content (AvgIpc) is 3.08. The maximum Gasteiger partial charge on any atom is 0.369 e. The molecule has 0 fully saturated rings. The zero-order chi connectivity index (χ0) is 18.4. The number of halogens is 1. The Morgan fingerprint density at radius 2 is 1.92 bits per heavy atom. The first-order valence-corrected chi connectivity index (χ1v) is 8.31. The molecule has 5 nitrogen and oxygen atoms in total. The molecule has 6 heteroatoms. The van der Waals surface area contributed by atoms with E-state index < -0.39 is 5.97 Å². The molecule has 0 saturated carbocycles. The predicted octanol–water partition coefficient (Wildman–Crippen LogP) is 4.15. The molecule has 0 amide bonds. The summed E-state index contributed by atoms with van der Waals surface area (Å²) < 4.78 is 14.6. The maximum atomic E-state index is 12.9. The van der Waals surface area contributed by atoms with Gasteiger partial charge in [0.2, 0.25) is 0 Å². The Balaban J connectivity index is 1.78. The third-order valence-electron chi connectivity index (χ3n) is 3.78. The van der Waals surface area contributed by atoms with E-state index in [0.717, 1.165) is 17.8 Å². The largest absolute Gasteiger partial charge is 0.369 e. The molecule has 2 aromatic carbocycles. The second-order valence-corrected chi connectivity index (χ2v) is 5.67. The van der Waals surface area contributed by atoms with Gasteiger partial charge in [-0.2, -0.15) is 5.10 Å². The Kier molecular flexibility index (Phi) is 5.53. The van der Waals surface area contributed by atoms with Crippen LogP contribution >= 0.6 is 0 Å². The number of carbonyl (C=O) groups is 1. The van der Waals surface area contributed by atoms with Gasteiger partial charge >= 0.3 is 5.97 Å². The Morgan fingerprint density at radius 3 is 2.62 bits per heavy atom. The highest BCUT2D eigenvalue weighted by Gasteiger charge is 2.19. The smallest absolute Gasteiger partial charge is 0.313 e. The standard InChI is InChI=1S/C20H18FN3O2/c1-2-6-19-18(14-22-24(19)17-7-4-3-5-8-17)20(25)26-23-13-15-9-11-16(21)12-10-15/h3-5,7-14H,2,6H2,1H3. The topological polar surface area (TPSA) is 56.5 Å². The Morgan fingerprint density at radius 1 is 1.19 bits per heavy atom. The van der Waals surface area contributed by atoms with Crippen molar-refractivity contribution in [1.82, 2.24) is 9.78 Å². The highest BCUT2D eigenvalue weighted by atomic mass is 19.1. The van der Waals surface area contributed by atoms with Gasteiger partial charge in [-0.1, -0.05) is 48.8 Å². The second-order valence-electron chi connectivity index (χ2n) is 5.67. The van der Waals surface area contributed by atoms with E-state index in [2.05, 4.69) is 10.3 Å². The van der Waals surface area contributed by atoms with Crippen molar-refractivity contribution < 1.29 is 14.0 Å². The molecule has 0 radical (unpaired) electrons. The van der Waals surface area contributed by atoms with Crippen molar-refractivity contribution in [3.05, 3.63) is 83.4 Å². The van der Waals surface area contributed by atoms with E-state index in [0.29, 0.717) is 17.5 Å². The van der Waals surface area contributed by atoms with Gasteiger partial charge in [-0.15, -0.1) is 0 Å². The van der Waals surface area contributed by atoms with Crippen LogP contribution in [0.4, 0.5) is 4.39 Å². The van der Waals surface area contributed by atoms with E-state index in [1.807, 2.05) is 37.3 Å². The highest BCUT2D eigenvalue weighted by Crippen LogP contribution is 2.17. The Hall–Kier alpha value is -3.28. The fraction of sp³-hybridized carbons (Fsp3) is 0.150. The molecule has 26 heavy (non-hydrogen) atoms. The lowest BCUT2D eigenvalue weighted by Crippen LogP contribution is -2.08. The molecule has 3 aromatic rings. The number of hydrogen-bond donors (Lipinski definition) is 0. The van der Waals surface area contributed by atoms with E-state index in [4.69, 9.17) is 4.84 Å². The molecular weight excluding hydrogens is 333 g/mol. The highest BCUT2D eigenvalue weighted by molar-refractivity contribution is 5.91. The van der Waals surface area contributed by atoms with Crippen LogP contribution in [0.5, 0.6) is 0 Å². The first-order chi connectivity index (χ1) is 12.7. The van der Waals surface area contributed by atoms with Crippen LogP contribution in [-0.2, 0) is 11.3 Å². The SMILES string of the molecule is CCCc1c(C(=O)ON=Cc2ccc(F)cc2)cnn1-c1ccccc1. The van der Waals surface area contributed by atoms with E-state index in [1.165, 1.54) is 24.5 Å². The second kappa shape index (κ2) is 8.20. The van der Waals surface area contributed by atoms with Gasteiger partial charge in [0.1, 0.15) is 11.4 Å². The van der Waals surface area contributed by atoms with Gasteiger partial charge in [0, 0.05) is 0 Å². The van der Waals surface area contributed by atoms with Gasteiger partial charge < -0.3 is 4.84 Å². The molecule has 0 atom stereocenters. The molecule has 132 valence electrons. The Bertz CT molecular complexity index is 903. The summed E-state index contributed by atoms with van der Waals surface area (Å²) in [5.74, 6) is -0.911. The van der Waals surface area contributed by atoms with Crippen molar-refractivity contribution in [2.75, 3.05) is 0 Å². The summed E-state index contributed by atoms with van der Waals surface area (Å²) in [7, 11) is 0. The molecule has 0 aliphatic carbocycles. The molecule has 0 aliphatic rings. The molecule has 0 spiro atoms. The number of benzene rings is 2. The monoisotopic (exact) mass is 351 g/mol. The fourth-order valence-corrected chi connectivity index (χ4v) is 2.55. The molecule has 0 saturated heterocycles. The van der Waals surface area contributed by atoms with Gasteiger partial charge in [-0.25, -0.2) is 13.9 Å². The summed E-state index contributed by atoms with van der Waals surface area (Å²) in [5.41, 5.74) is 2.67. The third kappa shape index (κ3) is 4.03. The maximum absolute atomic E-state index is 12.9. The number of hydrogen-bond acceptors (Lipinski definition) is 4. The number of rotatable bonds is 6. The molecule has 0 unspecified atom stereocenters. The van der Waals surface area contributed by atoms with Crippen LogP contribution in [0.2, 0.25) is 0 Å². The molecule has 0 N–H and O–H groups in total. The van der Waals surface area contributed by atoms with Gasteiger partial charge in [0.25, 0.3) is 0 Å². The quantitative estimate of drug-likeness (QED) is 0.381. The van der Waals surface area contributed by atoms with Crippen LogP contribution in [0.15, 0.2) is 65.9 Å². The normalized spacial score (nSPS) is 11.0. The fourth-order valence-electron chi connectivity index (χ4n) is 2.55. The first-order valence-electron chi connectivity index (χ1n) is 8.31. The van der Waals surface area contributed by atoms with Gasteiger partial charge in [-0.3, -0.25) is 0 Å². The van der Waals surface area contributed by atoms with Crippen LogP contribution < -0.4 is 0 Å². The number of aromatic nitrogens is 2. The van der Waals surface area contributed by atoms with Crippen molar-refractivity contribution in [3.63, 3.8) is 0 Å². The zero-order valence-electron chi connectivity index (χ0n) is 14.3. The number of para-hydroxylation sites is 1. The summed E-state index contributed by atoms with van der Waals surface area (Å²) in [6.45, 7) is 2.03. The lowest BCUT2D eigenvalue weighted by molar-refractivity contribution is 0.0518. The van der Waals surface area contributed by atoms with Gasteiger partial charge in [-0.05, 0) is 36.2 Å². The average molecular weight is 351 g/mol. The van der Waals surface area contributed by atoms with E-state index in [-0.39, 0.29) is 5.82 Å². The van der Waals surface area contributed by atoms with Crippen molar-refractivity contribution >= 4 is 12.2 Å². The Labute approximate surface area is 150 Å². The predicted molar refractivity (Wildman–Crippen MR) is 97.0 cm³/mol. The van der Waals surface area contributed by atoms with Crippen molar-refractivity contribution in [1.29, 1.82) is 0 Å². The summed E-state index contributed by atoms with van der Waals surface area (Å²) in [4.78, 5) is 17.4. The lowest BCUT2D eigenvalue weighted by Gasteiger charge is -2.07. The molecule has 1 heterocycles. The summed E-state index contributed by atoms with van der Waals surface area (Å²) in [6.07, 6.45) is 4.39. The van der Waals surface area contributed by atoms with Crippen molar-refractivity contribution in [2.24, 2.45) is 5.16 Å². The van der Waals surface area contributed by atoms with Crippen LogP contribution in [0.1, 0.15) is 35.0 Å². The molecule has 1 aromatic heterocycles. The molecular formula is C20H18FN3O2. The van der Waals surface area contributed by atoms with Crippen LogP contribution in [0.3, 0.4) is 0 Å².